The van der Waals surface area contributed by atoms with E-state index >= 15 is 0 Å². The van der Waals surface area contributed by atoms with E-state index in [1.165, 1.54) is 18.2 Å². The highest BCUT2D eigenvalue weighted by molar-refractivity contribution is 6.31. The second-order valence-electron chi connectivity index (χ2n) is 3.37. The topological polar surface area (TPSA) is 66.4 Å². The summed E-state index contributed by atoms with van der Waals surface area (Å²) < 4.78 is 13.5. The third-order valence-electron chi connectivity index (χ3n) is 2.21. The number of carboxylic acids is 1. The van der Waals surface area contributed by atoms with Crippen molar-refractivity contribution in [1.29, 1.82) is 0 Å². The fraction of sp³-hybridized carbons (Fsp3) is 0.273. The van der Waals surface area contributed by atoms with Crippen molar-refractivity contribution in [2.75, 3.05) is 0 Å². The van der Waals surface area contributed by atoms with Gasteiger partial charge in [-0.25, -0.2) is 9.18 Å². The van der Waals surface area contributed by atoms with Gasteiger partial charge in [-0.3, -0.25) is 4.79 Å². The van der Waals surface area contributed by atoms with Crippen LogP contribution < -0.4 is 5.32 Å². The zero-order chi connectivity index (χ0) is 13.0. The van der Waals surface area contributed by atoms with Crippen LogP contribution in [0.25, 0.3) is 0 Å². The predicted molar refractivity (Wildman–Crippen MR) is 60.6 cm³/mol. The molecule has 2 N–H and O–H groups in total. The number of carbonyl (C=O) groups is 2. The first-order valence-electron chi connectivity index (χ1n) is 4.95. The second kappa shape index (κ2) is 5.63. The maximum atomic E-state index is 13.5. The van der Waals surface area contributed by atoms with E-state index in [4.69, 9.17) is 16.7 Å². The van der Waals surface area contributed by atoms with Gasteiger partial charge in [0, 0.05) is 0 Å². The summed E-state index contributed by atoms with van der Waals surface area (Å²) in [6.07, 6.45) is 0.212. The van der Waals surface area contributed by atoms with Crippen LogP contribution in [-0.4, -0.2) is 23.0 Å². The third kappa shape index (κ3) is 3.17. The maximum absolute atomic E-state index is 13.5. The molecular formula is C11H11ClFNO3. The summed E-state index contributed by atoms with van der Waals surface area (Å²) in [5.41, 5.74) is -0.266. The van der Waals surface area contributed by atoms with Crippen LogP contribution in [0.3, 0.4) is 0 Å². The van der Waals surface area contributed by atoms with E-state index < -0.39 is 23.7 Å². The molecule has 17 heavy (non-hydrogen) atoms. The van der Waals surface area contributed by atoms with Crippen molar-refractivity contribution in [3.05, 3.63) is 34.6 Å². The highest BCUT2D eigenvalue weighted by Gasteiger charge is 2.21. The number of hydrogen-bond donors (Lipinski definition) is 2. The van der Waals surface area contributed by atoms with E-state index in [-0.39, 0.29) is 17.0 Å². The number of carboxylic acid groups (broad SMARTS) is 1. The highest BCUT2D eigenvalue weighted by atomic mass is 35.5. The van der Waals surface area contributed by atoms with E-state index in [1.807, 2.05) is 0 Å². The highest BCUT2D eigenvalue weighted by Crippen LogP contribution is 2.17. The lowest BCUT2D eigenvalue weighted by atomic mass is 10.1. The minimum Gasteiger partial charge on any atom is -0.480 e. The molecule has 1 aromatic rings. The van der Waals surface area contributed by atoms with Crippen molar-refractivity contribution in [3.8, 4) is 0 Å². The van der Waals surface area contributed by atoms with Gasteiger partial charge in [-0.05, 0) is 18.6 Å². The number of hydrogen-bond acceptors (Lipinski definition) is 2. The molecule has 0 saturated carbocycles. The van der Waals surface area contributed by atoms with Crippen LogP contribution in [-0.2, 0) is 4.79 Å². The van der Waals surface area contributed by atoms with E-state index in [0.717, 1.165) is 0 Å². The largest absolute Gasteiger partial charge is 0.480 e. The minimum absolute atomic E-state index is 0.180. The fourth-order valence-electron chi connectivity index (χ4n) is 1.25. The minimum atomic E-state index is -1.16. The smallest absolute Gasteiger partial charge is 0.326 e. The van der Waals surface area contributed by atoms with Crippen molar-refractivity contribution in [1.82, 2.24) is 5.32 Å². The molecule has 92 valence electrons. The molecule has 0 aliphatic rings. The zero-order valence-electron chi connectivity index (χ0n) is 9.04. The van der Waals surface area contributed by atoms with Crippen molar-refractivity contribution in [3.63, 3.8) is 0 Å². The Hall–Kier alpha value is -1.62. The van der Waals surface area contributed by atoms with E-state index in [0.29, 0.717) is 0 Å². The van der Waals surface area contributed by atoms with Crippen molar-refractivity contribution in [2.24, 2.45) is 0 Å². The molecule has 0 radical (unpaired) electrons. The molecule has 1 aromatic carbocycles. The maximum Gasteiger partial charge on any atom is 0.326 e. The van der Waals surface area contributed by atoms with Crippen LogP contribution in [0.2, 0.25) is 5.02 Å². The molecule has 1 atom stereocenters. The number of amides is 1. The molecule has 6 heteroatoms. The number of nitrogens with one attached hydrogen (secondary N) is 1. The molecule has 0 fully saturated rings. The summed E-state index contributed by atoms with van der Waals surface area (Å²) >= 11 is 5.52. The molecule has 0 bridgehead atoms. The van der Waals surface area contributed by atoms with Crippen molar-refractivity contribution < 1.29 is 19.1 Å². The first-order valence-corrected chi connectivity index (χ1v) is 5.32. The average molecular weight is 260 g/mol. The number of halogens is 2. The van der Waals surface area contributed by atoms with Crippen molar-refractivity contribution in [2.45, 2.75) is 19.4 Å². The molecule has 0 unspecified atom stereocenters. The third-order valence-corrected chi connectivity index (χ3v) is 2.50. The molecule has 0 aliphatic carbocycles. The summed E-state index contributed by atoms with van der Waals surface area (Å²) in [6, 6.07) is 2.93. The van der Waals surface area contributed by atoms with Crippen LogP contribution >= 0.6 is 11.6 Å². The monoisotopic (exact) mass is 259 g/mol. The number of aliphatic carboxylic acids is 1. The van der Waals surface area contributed by atoms with Crippen LogP contribution in [0.4, 0.5) is 4.39 Å². The molecule has 0 heterocycles. The van der Waals surface area contributed by atoms with Gasteiger partial charge in [-0.2, -0.15) is 0 Å². The molecule has 0 spiro atoms. The first kappa shape index (κ1) is 13.4. The molecule has 1 amide bonds. The Morgan fingerprint density at radius 2 is 2.18 bits per heavy atom. The molecule has 0 aromatic heterocycles. The molecule has 4 nitrogen and oxygen atoms in total. The summed E-state index contributed by atoms with van der Waals surface area (Å²) in [6.45, 7) is 1.60. The summed E-state index contributed by atoms with van der Waals surface area (Å²) in [4.78, 5) is 22.3. The number of carbonyl (C=O) groups excluding carboxylic acids is 1. The zero-order valence-corrected chi connectivity index (χ0v) is 9.79. The lowest BCUT2D eigenvalue weighted by molar-refractivity contribution is -0.139. The van der Waals surface area contributed by atoms with Gasteiger partial charge in [0.25, 0.3) is 5.91 Å². The average Bonchev–Trinajstić information content (AvgIpc) is 2.28. The van der Waals surface area contributed by atoms with Crippen LogP contribution in [0.15, 0.2) is 18.2 Å². The van der Waals surface area contributed by atoms with E-state index in [2.05, 4.69) is 5.32 Å². The van der Waals surface area contributed by atoms with Crippen LogP contribution in [0.5, 0.6) is 0 Å². The van der Waals surface area contributed by atoms with Gasteiger partial charge >= 0.3 is 5.97 Å². The summed E-state index contributed by atoms with van der Waals surface area (Å²) in [5, 5.41) is 10.8. The molecule has 0 saturated heterocycles. The Kier molecular flexibility index (Phi) is 4.45. The molecule has 0 aliphatic heterocycles. The number of rotatable bonds is 4. The van der Waals surface area contributed by atoms with Gasteiger partial charge in [0.05, 0.1) is 10.6 Å². The standard InChI is InChI=1S/C11H11ClFNO3/c1-2-8(11(16)17)14-10(15)6-4-3-5-7(12)9(6)13/h3-5,8H,2H2,1H3,(H,14,15)(H,16,17)/t8-/m1/s1. The lowest BCUT2D eigenvalue weighted by Gasteiger charge is -2.12. The van der Waals surface area contributed by atoms with E-state index in [1.54, 1.807) is 6.92 Å². The number of benzene rings is 1. The second-order valence-corrected chi connectivity index (χ2v) is 3.78. The Morgan fingerprint density at radius 3 is 2.71 bits per heavy atom. The van der Waals surface area contributed by atoms with Gasteiger partial charge in [0.1, 0.15) is 6.04 Å². The van der Waals surface area contributed by atoms with Gasteiger partial charge < -0.3 is 10.4 Å². The van der Waals surface area contributed by atoms with Crippen molar-refractivity contribution >= 4 is 23.5 Å². The molecule has 1 rings (SSSR count). The lowest BCUT2D eigenvalue weighted by Crippen LogP contribution is -2.40. The van der Waals surface area contributed by atoms with Crippen LogP contribution in [0, 0.1) is 5.82 Å². The van der Waals surface area contributed by atoms with Gasteiger partial charge in [-0.15, -0.1) is 0 Å². The summed E-state index contributed by atoms with van der Waals surface area (Å²) in [7, 11) is 0. The Morgan fingerprint density at radius 1 is 1.53 bits per heavy atom. The molecular weight excluding hydrogens is 249 g/mol. The Labute approximate surface area is 102 Å². The SMILES string of the molecule is CC[C@@H](NC(=O)c1cccc(Cl)c1F)C(=O)O. The van der Waals surface area contributed by atoms with Gasteiger partial charge in [0.15, 0.2) is 5.82 Å². The van der Waals surface area contributed by atoms with E-state index in [9.17, 15) is 14.0 Å². The first-order chi connectivity index (χ1) is 7.97. The van der Waals surface area contributed by atoms with Crippen LogP contribution in [0.1, 0.15) is 23.7 Å². The Bertz CT molecular complexity index is 450. The quantitative estimate of drug-likeness (QED) is 0.870. The normalized spacial score (nSPS) is 11.9. The van der Waals surface area contributed by atoms with Gasteiger partial charge in [0.2, 0.25) is 0 Å². The van der Waals surface area contributed by atoms with Gasteiger partial charge in [-0.1, -0.05) is 24.6 Å². The fourth-order valence-corrected chi connectivity index (χ4v) is 1.43. The summed E-state index contributed by atoms with van der Waals surface area (Å²) in [5.74, 6) is -2.81. The predicted octanol–water partition coefficient (Wildman–Crippen LogP) is 2.07. The Balaban J connectivity index is 2.90.